The number of hydrogen-bond acceptors (Lipinski definition) is 5. The van der Waals surface area contributed by atoms with Gasteiger partial charge in [-0.15, -0.1) is 0 Å². The first-order valence-corrected chi connectivity index (χ1v) is 9.96. The van der Waals surface area contributed by atoms with Gasteiger partial charge in [-0.25, -0.2) is 9.97 Å². The molecule has 4 rings (SSSR count). The molecule has 1 N–H and O–H groups in total. The molecule has 0 unspecified atom stereocenters. The van der Waals surface area contributed by atoms with Crippen LogP contribution >= 0.6 is 0 Å². The standard InChI is InChI=1S/C21H26N6O2/c1-5-27-20(17-10-13(2)29-14(3)19(17)25-27)21(28)24-12-16-6-7-18(23-11-16)26-9-8-22-15(26)4/h6-9,11,13-14H,5,10,12H2,1-4H3,(H,24,28)/t13-,14+/m0/s1. The van der Waals surface area contributed by atoms with Crippen molar-refractivity contribution in [1.29, 1.82) is 0 Å². The highest BCUT2D eigenvalue weighted by molar-refractivity contribution is 5.94. The zero-order chi connectivity index (χ0) is 20.5. The number of imidazole rings is 1. The van der Waals surface area contributed by atoms with E-state index in [2.05, 4.69) is 20.4 Å². The molecule has 0 saturated carbocycles. The van der Waals surface area contributed by atoms with E-state index in [-0.39, 0.29) is 18.1 Å². The molecule has 152 valence electrons. The number of ether oxygens (including phenoxy) is 1. The smallest absolute Gasteiger partial charge is 0.270 e. The number of carbonyl (C=O) groups excluding carboxylic acids is 1. The van der Waals surface area contributed by atoms with Crippen LogP contribution in [0.5, 0.6) is 0 Å². The number of rotatable bonds is 5. The maximum atomic E-state index is 13.0. The van der Waals surface area contributed by atoms with E-state index in [4.69, 9.17) is 4.74 Å². The van der Waals surface area contributed by atoms with Gasteiger partial charge in [-0.2, -0.15) is 5.10 Å². The van der Waals surface area contributed by atoms with E-state index < -0.39 is 0 Å². The van der Waals surface area contributed by atoms with Crippen LogP contribution in [0, 0.1) is 6.92 Å². The Bertz CT molecular complexity index is 1020. The molecule has 0 bridgehead atoms. The van der Waals surface area contributed by atoms with Gasteiger partial charge in [0.1, 0.15) is 17.3 Å². The number of nitrogens with zero attached hydrogens (tertiary/aromatic N) is 5. The maximum Gasteiger partial charge on any atom is 0.270 e. The van der Waals surface area contributed by atoms with Crippen molar-refractivity contribution in [3.8, 4) is 5.82 Å². The van der Waals surface area contributed by atoms with E-state index in [0.29, 0.717) is 25.2 Å². The van der Waals surface area contributed by atoms with Crippen LogP contribution in [0.2, 0.25) is 0 Å². The lowest BCUT2D eigenvalue weighted by Crippen LogP contribution is -2.28. The second-order valence-electron chi connectivity index (χ2n) is 7.37. The molecule has 3 aromatic rings. The van der Waals surface area contributed by atoms with Gasteiger partial charge in [-0.05, 0) is 39.3 Å². The van der Waals surface area contributed by atoms with Crippen molar-refractivity contribution >= 4 is 5.91 Å². The molecular weight excluding hydrogens is 368 g/mol. The summed E-state index contributed by atoms with van der Waals surface area (Å²) in [5, 5.41) is 7.64. The molecule has 0 radical (unpaired) electrons. The van der Waals surface area contributed by atoms with E-state index in [0.717, 1.165) is 28.5 Å². The number of nitrogens with one attached hydrogen (secondary N) is 1. The van der Waals surface area contributed by atoms with Crippen LogP contribution in [0.25, 0.3) is 5.82 Å². The summed E-state index contributed by atoms with van der Waals surface area (Å²) in [6.07, 6.45) is 6.07. The Morgan fingerprint density at radius 3 is 2.79 bits per heavy atom. The number of amides is 1. The average molecular weight is 394 g/mol. The van der Waals surface area contributed by atoms with Gasteiger partial charge in [0.2, 0.25) is 0 Å². The third kappa shape index (κ3) is 3.67. The predicted molar refractivity (Wildman–Crippen MR) is 108 cm³/mol. The Morgan fingerprint density at radius 2 is 2.14 bits per heavy atom. The van der Waals surface area contributed by atoms with E-state index in [1.54, 1.807) is 17.1 Å². The SMILES string of the molecule is CCn1nc2c(c1C(=O)NCc1ccc(-n3ccnc3C)nc1)C[C@H](C)O[C@@H]2C. The average Bonchev–Trinajstić information content (AvgIpc) is 3.30. The van der Waals surface area contributed by atoms with Crippen LogP contribution in [0.15, 0.2) is 30.7 Å². The Labute approximate surface area is 169 Å². The lowest BCUT2D eigenvalue weighted by atomic mass is 9.99. The molecule has 1 amide bonds. The largest absolute Gasteiger partial charge is 0.369 e. The highest BCUT2D eigenvalue weighted by atomic mass is 16.5. The first kappa shape index (κ1) is 19.3. The highest BCUT2D eigenvalue weighted by Crippen LogP contribution is 2.31. The summed E-state index contributed by atoms with van der Waals surface area (Å²) in [6, 6.07) is 3.89. The summed E-state index contributed by atoms with van der Waals surface area (Å²) < 4.78 is 9.56. The van der Waals surface area contributed by atoms with Crippen molar-refractivity contribution in [2.75, 3.05) is 0 Å². The Morgan fingerprint density at radius 1 is 1.31 bits per heavy atom. The van der Waals surface area contributed by atoms with Crippen LogP contribution in [0.1, 0.15) is 60.0 Å². The van der Waals surface area contributed by atoms with Crippen molar-refractivity contribution < 1.29 is 9.53 Å². The first-order chi connectivity index (χ1) is 14.0. The summed E-state index contributed by atoms with van der Waals surface area (Å²) in [4.78, 5) is 21.7. The van der Waals surface area contributed by atoms with E-state index >= 15 is 0 Å². The summed E-state index contributed by atoms with van der Waals surface area (Å²) in [5.74, 6) is 1.57. The van der Waals surface area contributed by atoms with Crippen LogP contribution in [0.3, 0.4) is 0 Å². The van der Waals surface area contributed by atoms with Crippen LogP contribution in [-0.2, 0) is 24.2 Å². The quantitative estimate of drug-likeness (QED) is 0.719. The second kappa shape index (κ2) is 7.79. The number of aromatic nitrogens is 5. The fourth-order valence-electron chi connectivity index (χ4n) is 3.83. The summed E-state index contributed by atoms with van der Waals surface area (Å²) in [6.45, 7) is 8.97. The van der Waals surface area contributed by atoms with Gasteiger partial charge in [0.15, 0.2) is 0 Å². The minimum absolute atomic E-state index is 0.0712. The first-order valence-electron chi connectivity index (χ1n) is 9.96. The second-order valence-corrected chi connectivity index (χ2v) is 7.37. The lowest BCUT2D eigenvalue weighted by molar-refractivity contribution is -0.00712. The predicted octanol–water partition coefficient (Wildman–Crippen LogP) is 2.74. The molecule has 8 heteroatoms. The molecule has 0 aliphatic carbocycles. The van der Waals surface area contributed by atoms with Gasteiger partial charge in [0, 0.05) is 43.7 Å². The number of aryl methyl sites for hydroxylation is 2. The molecule has 8 nitrogen and oxygen atoms in total. The molecule has 0 aromatic carbocycles. The zero-order valence-corrected chi connectivity index (χ0v) is 17.2. The van der Waals surface area contributed by atoms with Crippen molar-refractivity contribution in [2.45, 2.75) is 59.4 Å². The van der Waals surface area contributed by atoms with Crippen LogP contribution in [0.4, 0.5) is 0 Å². The number of hydrogen-bond donors (Lipinski definition) is 1. The number of pyridine rings is 1. The molecule has 4 heterocycles. The van der Waals surface area contributed by atoms with Crippen molar-refractivity contribution in [3.63, 3.8) is 0 Å². The van der Waals surface area contributed by atoms with Gasteiger partial charge < -0.3 is 10.1 Å². The van der Waals surface area contributed by atoms with Crippen LogP contribution in [-0.4, -0.2) is 36.3 Å². The fourth-order valence-corrected chi connectivity index (χ4v) is 3.83. The molecule has 1 aliphatic heterocycles. The third-order valence-electron chi connectivity index (χ3n) is 5.24. The minimum Gasteiger partial charge on any atom is -0.369 e. The van der Waals surface area contributed by atoms with Crippen LogP contribution < -0.4 is 5.32 Å². The normalized spacial score (nSPS) is 18.5. The van der Waals surface area contributed by atoms with Crippen molar-refractivity contribution in [2.24, 2.45) is 0 Å². The van der Waals surface area contributed by atoms with Crippen molar-refractivity contribution in [1.82, 2.24) is 29.6 Å². The fraction of sp³-hybridized carbons (Fsp3) is 0.429. The molecule has 3 aromatic heterocycles. The Hall–Kier alpha value is -3.00. The number of fused-ring (bicyclic) bond motifs is 1. The summed E-state index contributed by atoms with van der Waals surface area (Å²) >= 11 is 0. The van der Waals surface area contributed by atoms with E-state index in [9.17, 15) is 4.79 Å². The molecule has 0 spiro atoms. The monoisotopic (exact) mass is 394 g/mol. The number of carbonyl (C=O) groups is 1. The molecular formula is C21H26N6O2. The van der Waals surface area contributed by atoms with Gasteiger partial charge >= 0.3 is 0 Å². The Kier molecular flexibility index (Phi) is 5.19. The third-order valence-corrected chi connectivity index (χ3v) is 5.24. The maximum absolute atomic E-state index is 13.0. The van der Waals surface area contributed by atoms with Gasteiger partial charge in [0.05, 0.1) is 17.9 Å². The van der Waals surface area contributed by atoms with Gasteiger partial charge in [0.25, 0.3) is 5.91 Å². The van der Waals surface area contributed by atoms with E-state index in [1.807, 2.05) is 50.6 Å². The molecule has 29 heavy (non-hydrogen) atoms. The molecule has 1 aliphatic rings. The minimum atomic E-state index is -0.114. The molecule has 0 saturated heterocycles. The lowest BCUT2D eigenvalue weighted by Gasteiger charge is -2.24. The van der Waals surface area contributed by atoms with E-state index in [1.165, 1.54) is 0 Å². The van der Waals surface area contributed by atoms with Gasteiger partial charge in [-0.3, -0.25) is 14.0 Å². The molecule has 2 atom stereocenters. The topological polar surface area (TPSA) is 86.9 Å². The molecule has 0 fully saturated rings. The summed E-state index contributed by atoms with van der Waals surface area (Å²) in [5.41, 5.74) is 3.45. The van der Waals surface area contributed by atoms with Gasteiger partial charge in [-0.1, -0.05) is 6.07 Å². The Balaban J connectivity index is 1.50. The summed E-state index contributed by atoms with van der Waals surface area (Å²) in [7, 11) is 0. The van der Waals surface area contributed by atoms with Crippen molar-refractivity contribution in [3.05, 3.63) is 59.1 Å². The highest BCUT2D eigenvalue weighted by Gasteiger charge is 2.31. The zero-order valence-electron chi connectivity index (χ0n) is 17.2.